The number of nitrogens with zero attached hydrogens (tertiary/aromatic N) is 4. The quantitative estimate of drug-likeness (QED) is 0.0695. The maximum Gasteiger partial charge on any atom is 0.225 e. The van der Waals surface area contributed by atoms with E-state index in [1.165, 1.54) is 0 Å². The van der Waals surface area contributed by atoms with Gasteiger partial charge in [-0.2, -0.15) is 0 Å². The topological polar surface area (TPSA) is 155 Å². The first-order chi connectivity index (χ1) is 27.9. The molecule has 4 aromatic carbocycles. The lowest BCUT2D eigenvalue weighted by molar-refractivity contribution is -0.253. The first-order valence-corrected chi connectivity index (χ1v) is 19.8. The number of aliphatic hydroxyl groups excluding tert-OH is 1. The van der Waals surface area contributed by atoms with E-state index >= 15 is 0 Å². The molecule has 5 aromatic rings. The van der Waals surface area contributed by atoms with Crippen molar-refractivity contribution in [2.45, 2.75) is 63.8 Å². The number of nitrogens with two attached hydrogens (primary N) is 1. The van der Waals surface area contributed by atoms with Gasteiger partial charge >= 0.3 is 0 Å². The summed E-state index contributed by atoms with van der Waals surface area (Å²) in [7, 11) is 0. The van der Waals surface area contributed by atoms with Crippen LogP contribution < -0.4 is 21.3 Å². The molecule has 2 fully saturated rings. The molecule has 0 bridgehead atoms. The molecule has 3 heterocycles. The molecule has 12 heteroatoms. The van der Waals surface area contributed by atoms with E-state index in [-0.39, 0.29) is 30.6 Å². The van der Waals surface area contributed by atoms with E-state index in [1.807, 2.05) is 60.7 Å². The van der Waals surface area contributed by atoms with E-state index in [0.29, 0.717) is 50.0 Å². The van der Waals surface area contributed by atoms with Crippen LogP contribution in [0.3, 0.4) is 0 Å². The smallest absolute Gasteiger partial charge is 0.225 e. The lowest BCUT2D eigenvalue weighted by atomic mass is 9.97. The summed E-state index contributed by atoms with van der Waals surface area (Å²) in [5.74, 6) is 0.595. The number of amides is 2. The Morgan fingerprint density at radius 1 is 0.772 bits per heavy atom. The van der Waals surface area contributed by atoms with Crippen molar-refractivity contribution in [1.29, 1.82) is 0 Å². The van der Waals surface area contributed by atoms with Crippen LogP contribution in [0.5, 0.6) is 0 Å². The molecule has 1 aromatic heterocycles. The lowest BCUT2D eigenvalue weighted by Gasteiger charge is -2.40. The molecular weight excluding hydrogens is 719 g/mol. The second-order valence-electron chi connectivity index (χ2n) is 14.6. The minimum absolute atomic E-state index is 0.00397. The molecule has 2 amide bonds. The van der Waals surface area contributed by atoms with Crippen LogP contribution in [0.4, 0.5) is 17.3 Å². The molecule has 296 valence electrons. The van der Waals surface area contributed by atoms with E-state index < -0.39 is 6.29 Å². The van der Waals surface area contributed by atoms with Crippen LogP contribution in [0.25, 0.3) is 11.1 Å². The van der Waals surface area contributed by atoms with Crippen LogP contribution in [0.15, 0.2) is 116 Å². The summed E-state index contributed by atoms with van der Waals surface area (Å²) in [5.41, 5.74) is 13.0. The standard InChI is InChI=1S/C45H51N7O5/c46-39-10-3-4-11-40(39)50-43(55)13-6-5-12-42(54)49-29-36-8-1-2-9-38(36)33-18-20-35(21-19-33)44-56-37(28-41(57-44)34-16-14-32(31-53)15-17-34)30-51-24-26-52(27-25-51)45-47-22-7-23-48-45/h1-4,7-11,14-23,37,41,44,53H,5-6,12-13,24-31,46H2,(H,49,54)(H,50,55)/t37-,41+,44+/m1/s1. The number of benzene rings is 4. The zero-order chi connectivity index (χ0) is 39.4. The fraction of sp³-hybridized carbons (Fsp3) is 0.333. The van der Waals surface area contributed by atoms with Crippen LogP contribution in [0.2, 0.25) is 0 Å². The van der Waals surface area contributed by atoms with Gasteiger partial charge in [-0.05, 0) is 58.9 Å². The molecule has 2 aliphatic heterocycles. The number of rotatable bonds is 15. The maximum absolute atomic E-state index is 12.8. The number of anilines is 3. The number of hydrogen-bond acceptors (Lipinski definition) is 10. The normalized spacial score (nSPS) is 18.5. The highest BCUT2D eigenvalue weighted by atomic mass is 16.7. The highest BCUT2D eigenvalue weighted by Gasteiger charge is 2.34. The van der Waals surface area contributed by atoms with Gasteiger partial charge in [0, 0.05) is 76.5 Å². The van der Waals surface area contributed by atoms with Gasteiger partial charge in [-0.3, -0.25) is 14.5 Å². The van der Waals surface area contributed by atoms with Gasteiger partial charge in [0.1, 0.15) is 0 Å². The number of nitrogen functional groups attached to an aromatic ring is 1. The molecule has 2 aliphatic rings. The van der Waals surface area contributed by atoms with Gasteiger partial charge in [-0.15, -0.1) is 0 Å². The minimum Gasteiger partial charge on any atom is -0.397 e. The summed E-state index contributed by atoms with van der Waals surface area (Å²) in [6.45, 7) is 4.64. The Labute approximate surface area is 334 Å². The number of carbonyl (C=O) groups excluding carboxylic acids is 2. The molecule has 12 nitrogen and oxygen atoms in total. The number of aromatic nitrogens is 2. The number of nitrogens with one attached hydrogen (secondary N) is 2. The lowest BCUT2D eigenvalue weighted by Crippen LogP contribution is -2.50. The van der Waals surface area contributed by atoms with Gasteiger partial charge in [-0.25, -0.2) is 9.97 Å². The Morgan fingerprint density at radius 3 is 2.19 bits per heavy atom. The third kappa shape index (κ3) is 10.8. The Hall–Kier alpha value is -5.66. The van der Waals surface area contributed by atoms with Crippen LogP contribution in [0.1, 0.15) is 66.8 Å². The van der Waals surface area contributed by atoms with E-state index in [9.17, 15) is 14.7 Å². The largest absolute Gasteiger partial charge is 0.397 e. The molecular formula is C45H51N7O5. The van der Waals surface area contributed by atoms with Crippen LogP contribution in [-0.2, 0) is 32.2 Å². The Morgan fingerprint density at radius 2 is 1.46 bits per heavy atom. The third-order valence-corrected chi connectivity index (χ3v) is 10.6. The summed E-state index contributed by atoms with van der Waals surface area (Å²) in [6, 6.07) is 33.3. The summed E-state index contributed by atoms with van der Waals surface area (Å²) in [4.78, 5) is 38.6. The second kappa shape index (κ2) is 19.5. The van der Waals surface area contributed by atoms with Crippen molar-refractivity contribution >= 4 is 29.1 Å². The van der Waals surface area contributed by atoms with Gasteiger partial charge < -0.3 is 35.8 Å². The average Bonchev–Trinajstić information content (AvgIpc) is 3.26. The van der Waals surface area contributed by atoms with Crippen LogP contribution in [-0.4, -0.2) is 70.6 Å². The van der Waals surface area contributed by atoms with Crippen LogP contribution in [0, 0.1) is 0 Å². The number of piperazine rings is 1. The minimum atomic E-state index is -0.559. The Balaban J connectivity index is 0.948. The number of para-hydroxylation sites is 2. The summed E-state index contributed by atoms with van der Waals surface area (Å²) < 4.78 is 13.3. The molecule has 0 spiro atoms. The van der Waals surface area contributed by atoms with Crippen LogP contribution >= 0.6 is 0 Å². The van der Waals surface area contributed by atoms with E-state index in [1.54, 1.807) is 24.5 Å². The van der Waals surface area contributed by atoms with Crippen molar-refractivity contribution in [2.75, 3.05) is 48.7 Å². The monoisotopic (exact) mass is 769 g/mol. The van der Waals surface area contributed by atoms with Gasteiger partial charge in [0.2, 0.25) is 17.8 Å². The molecule has 7 rings (SSSR count). The highest BCUT2D eigenvalue weighted by molar-refractivity contribution is 5.93. The molecule has 2 saturated heterocycles. The van der Waals surface area contributed by atoms with Crippen molar-refractivity contribution < 1.29 is 24.2 Å². The van der Waals surface area contributed by atoms with Gasteiger partial charge in [0.15, 0.2) is 6.29 Å². The zero-order valence-corrected chi connectivity index (χ0v) is 32.1. The number of aliphatic hydroxyl groups is 1. The summed E-state index contributed by atoms with van der Waals surface area (Å²) >= 11 is 0. The van der Waals surface area contributed by atoms with E-state index in [2.05, 4.69) is 60.7 Å². The van der Waals surface area contributed by atoms with Gasteiger partial charge in [0.05, 0.1) is 30.2 Å². The Bertz CT molecular complexity index is 2060. The molecule has 0 radical (unpaired) electrons. The third-order valence-electron chi connectivity index (χ3n) is 10.6. The number of unbranched alkanes of at least 4 members (excludes halogenated alkanes) is 1. The second-order valence-corrected chi connectivity index (χ2v) is 14.6. The number of ether oxygens (including phenoxy) is 2. The first-order valence-electron chi connectivity index (χ1n) is 19.8. The molecule has 0 unspecified atom stereocenters. The molecule has 57 heavy (non-hydrogen) atoms. The average molecular weight is 770 g/mol. The molecule has 0 aliphatic carbocycles. The number of carbonyl (C=O) groups is 2. The fourth-order valence-electron chi connectivity index (χ4n) is 7.36. The maximum atomic E-state index is 12.8. The summed E-state index contributed by atoms with van der Waals surface area (Å²) in [5, 5.41) is 15.5. The highest BCUT2D eigenvalue weighted by Crippen LogP contribution is 2.39. The predicted molar refractivity (Wildman–Crippen MR) is 221 cm³/mol. The SMILES string of the molecule is Nc1ccccc1NC(=O)CCCCC(=O)NCc1ccccc1-c1ccc([C@H]2O[C@@H](CN3CCN(c4ncccn4)CC3)C[C@@H](c3ccc(CO)cc3)O2)cc1. The van der Waals surface area contributed by atoms with Gasteiger partial charge in [0.25, 0.3) is 0 Å². The van der Waals surface area contributed by atoms with Crippen molar-refractivity contribution in [3.63, 3.8) is 0 Å². The number of hydrogen-bond donors (Lipinski definition) is 4. The van der Waals surface area contributed by atoms with E-state index in [4.69, 9.17) is 15.2 Å². The van der Waals surface area contributed by atoms with Gasteiger partial charge in [-0.1, -0.05) is 84.9 Å². The predicted octanol–water partition coefficient (Wildman–Crippen LogP) is 6.40. The summed E-state index contributed by atoms with van der Waals surface area (Å²) in [6.07, 6.45) is 5.36. The van der Waals surface area contributed by atoms with Crippen molar-refractivity contribution in [3.8, 4) is 11.1 Å². The van der Waals surface area contributed by atoms with Crippen molar-refractivity contribution in [3.05, 3.63) is 138 Å². The fourth-order valence-corrected chi connectivity index (χ4v) is 7.36. The zero-order valence-electron chi connectivity index (χ0n) is 32.1. The van der Waals surface area contributed by atoms with Crippen molar-refractivity contribution in [2.24, 2.45) is 0 Å². The Kier molecular flexibility index (Phi) is 13.5. The van der Waals surface area contributed by atoms with Crippen molar-refractivity contribution in [1.82, 2.24) is 20.2 Å². The molecule has 3 atom stereocenters. The molecule has 5 N–H and O–H groups in total. The first kappa shape index (κ1) is 39.6. The molecule has 0 saturated carbocycles. The van der Waals surface area contributed by atoms with E-state index in [0.717, 1.165) is 72.1 Å².